The lowest BCUT2D eigenvalue weighted by Gasteiger charge is -2.18. The molecule has 0 aliphatic rings. The number of hydrogen-bond acceptors (Lipinski definition) is 2. The molecule has 0 amide bonds. The van der Waals surface area contributed by atoms with E-state index in [9.17, 15) is 13.2 Å². The number of rotatable bonds is 9. The highest BCUT2D eigenvalue weighted by Crippen LogP contribution is 2.18. The van der Waals surface area contributed by atoms with E-state index in [0.717, 1.165) is 25.9 Å². The van der Waals surface area contributed by atoms with E-state index < -0.39 is 12.6 Å². The van der Waals surface area contributed by atoms with Gasteiger partial charge in [0.1, 0.15) is 0 Å². The van der Waals surface area contributed by atoms with Gasteiger partial charge in [-0.05, 0) is 26.9 Å². The van der Waals surface area contributed by atoms with Gasteiger partial charge in [-0.2, -0.15) is 13.2 Å². The van der Waals surface area contributed by atoms with E-state index >= 15 is 0 Å². The number of alkyl halides is 3. The molecule has 0 unspecified atom stereocenters. The number of halogens is 3. The molecule has 0 saturated carbocycles. The van der Waals surface area contributed by atoms with Crippen molar-refractivity contribution in [2.24, 2.45) is 4.99 Å². The van der Waals surface area contributed by atoms with Crippen LogP contribution in [-0.2, 0) is 0 Å². The molecule has 0 aliphatic heterocycles. The van der Waals surface area contributed by atoms with E-state index in [1.54, 1.807) is 0 Å². The fourth-order valence-electron chi connectivity index (χ4n) is 1.54. The van der Waals surface area contributed by atoms with Gasteiger partial charge in [0.05, 0.1) is 13.0 Å². The molecule has 0 aromatic rings. The first-order chi connectivity index (χ1) is 9.39. The first-order valence-electron chi connectivity index (χ1n) is 7.16. The summed E-state index contributed by atoms with van der Waals surface area (Å²) in [5.41, 5.74) is 0. The van der Waals surface area contributed by atoms with Crippen molar-refractivity contribution in [3.8, 4) is 0 Å². The van der Waals surface area contributed by atoms with Gasteiger partial charge in [-0.15, -0.1) is 0 Å². The van der Waals surface area contributed by atoms with E-state index in [-0.39, 0.29) is 6.54 Å². The van der Waals surface area contributed by atoms with Gasteiger partial charge < -0.3 is 15.5 Å². The molecule has 2 N–H and O–H groups in total. The summed E-state index contributed by atoms with van der Waals surface area (Å²) in [4.78, 5) is 6.10. The van der Waals surface area contributed by atoms with Crippen molar-refractivity contribution in [2.75, 3.05) is 39.8 Å². The lowest BCUT2D eigenvalue weighted by molar-refractivity contribution is -0.132. The number of aliphatic imine (C=N–C) groups is 1. The monoisotopic (exact) mass is 296 g/mol. The Morgan fingerprint density at radius 1 is 1.15 bits per heavy atom. The molecule has 0 atom stereocenters. The van der Waals surface area contributed by atoms with Crippen LogP contribution in [0.3, 0.4) is 0 Å². The quantitative estimate of drug-likeness (QED) is 0.506. The van der Waals surface area contributed by atoms with Gasteiger partial charge >= 0.3 is 6.18 Å². The van der Waals surface area contributed by atoms with Crippen LogP contribution in [0.25, 0.3) is 0 Å². The summed E-state index contributed by atoms with van der Waals surface area (Å²) in [6.07, 6.45) is -2.74. The fourth-order valence-corrected chi connectivity index (χ4v) is 1.54. The zero-order valence-electron chi connectivity index (χ0n) is 12.7. The standard InChI is InChI=1S/C13H27F3N4/c1-4-6-10-20(3)11-9-19-12(17-5-2)18-8-7-13(14,15)16/h4-11H2,1-3H3,(H2,17,18,19). The van der Waals surface area contributed by atoms with Crippen molar-refractivity contribution >= 4 is 5.96 Å². The van der Waals surface area contributed by atoms with Crippen molar-refractivity contribution < 1.29 is 13.2 Å². The zero-order chi connectivity index (χ0) is 15.4. The highest BCUT2D eigenvalue weighted by molar-refractivity contribution is 5.79. The van der Waals surface area contributed by atoms with Gasteiger partial charge in [-0.1, -0.05) is 13.3 Å². The summed E-state index contributed by atoms with van der Waals surface area (Å²) in [6.45, 7) is 6.94. The molecule has 0 fully saturated rings. The summed E-state index contributed by atoms with van der Waals surface area (Å²) >= 11 is 0. The Kier molecular flexibility index (Phi) is 10.2. The maximum absolute atomic E-state index is 12.1. The number of guanidine groups is 1. The van der Waals surface area contributed by atoms with E-state index in [4.69, 9.17) is 0 Å². The van der Waals surface area contributed by atoms with Crippen LogP contribution in [-0.4, -0.2) is 56.8 Å². The normalized spacial score (nSPS) is 12.8. The van der Waals surface area contributed by atoms with Crippen LogP contribution in [0.1, 0.15) is 33.1 Å². The third-order valence-electron chi connectivity index (χ3n) is 2.69. The topological polar surface area (TPSA) is 39.7 Å². The Morgan fingerprint density at radius 2 is 1.85 bits per heavy atom. The summed E-state index contributed by atoms with van der Waals surface area (Å²) < 4.78 is 36.2. The molecule has 0 spiro atoms. The highest BCUT2D eigenvalue weighted by atomic mass is 19.4. The van der Waals surface area contributed by atoms with Gasteiger partial charge in [0.2, 0.25) is 0 Å². The molecule has 0 aliphatic carbocycles. The smallest absolute Gasteiger partial charge is 0.357 e. The van der Waals surface area contributed by atoms with E-state index in [1.807, 2.05) is 14.0 Å². The van der Waals surface area contributed by atoms with Crippen molar-refractivity contribution in [2.45, 2.75) is 39.3 Å². The minimum absolute atomic E-state index is 0.246. The van der Waals surface area contributed by atoms with E-state index in [0.29, 0.717) is 19.0 Å². The molecule has 0 heterocycles. The van der Waals surface area contributed by atoms with Gasteiger partial charge in [0, 0.05) is 19.6 Å². The number of likely N-dealkylation sites (N-methyl/N-ethyl adjacent to an activating group) is 1. The highest BCUT2D eigenvalue weighted by Gasteiger charge is 2.26. The Hall–Kier alpha value is -0.980. The average Bonchev–Trinajstić information content (AvgIpc) is 2.34. The molecule has 0 saturated heterocycles. The van der Waals surface area contributed by atoms with Crippen molar-refractivity contribution in [1.29, 1.82) is 0 Å². The lowest BCUT2D eigenvalue weighted by Crippen LogP contribution is -2.41. The molecule has 4 nitrogen and oxygen atoms in total. The number of unbranched alkanes of at least 4 members (excludes halogenated alkanes) is 1. The van der Waals surface area contributed by atoms with Crippen LogP contribution in [0, 0.1) is 0 Å². The number of nitrogens with one attached hydrogen (secondary N) is 2. The average molecular weight is 296 g/mol. The minimum Gasteiger partial charge on any atom is -0.357 e. The molecular formula is C13H27F3N4. The Morgan fingerprint density at radius 3 is 2.40 bits per heavy atom. The van der Waals surface area contributed by atoms with Crippen LogP contribution < -0.4 is 10.6 Å². The van der Waals surface area contributed by atoms with Crippen molar-refractivity contribution in [3.63, 3.8) is 0 Å². The van der Waals surface area contributed by atoms with Crippen LogP contribution in [0.5, 0.6) is 0 Å². The molecule has 0 aromatic heterocycles. The van der Waals surface area contributed by atoms with Crippen molar-refractivity contribution in [3.05, 3.63) is 0 Å². The lowest BCUT2D eigenvalue weighted by atomic mass is 10.3. The summed E-state index contributed by atoms with van der Waals surface area (Å²) in [7, 11) is 2.03. The third-order valence-corrected chi connectivity index (χ3v) is 2.69. The van der Waals surface area contributed by atoms with Gasteiger partial charge in [0.25, 0.3) is 0 Å². The first kappa shape index (κ1) is 19.0. The molecule has 0 aromatic carbocycles. The largest absolute Gasteiger partial charge is 0.390 e. The molecular weight excluding hydrogens is 269 g/mol. The molecule has 0 rings (SSSR count). The number of nitrogens with zero attached hydrogens (tertiary/aromatic N) is 2. The molecule has 20 heavy (non-hydrogen) atoms. The maximum Gasteiger partial charge on any atom is 0.390 e. The molecule has 7 heteroatoms. The van der Waals surface area contributed by atoms with Crippen LogP contribution >= 0.6 is 0 Å². The van der Waals surface area contributed by atoms with E-state index in [2.05, 4.69) is 27.4 Å². The summed E-state index contributed by atoms with van der Waals surface area (Å²) in [6, 6.07) is 0. The molecule has 0 radical (unpaired) electrons. The second-order valence-corrected chi connectivity index (χ2v) is 4.71. The molecule has 120 valence electrons. The minimum atomic E-state index is -4.15. The fraction of sp³-hybridized carbons (Fsp3) is 0.923. The van der Waals surface area contributed by atoms with Gasteiger partial charge in [-0.3, -0.25) is 4.99 Å². The Balaban J connectivity index is 3.98. The zero-order valence-corrected chi connectivity index (χ0v) is 12.7. The van der Waals surface area contributed by atoms with Gasteiger partial charge in [0.15, 0.2) is 5.96 Å². The second-order valence-electron chi connectivity index (χ2n) is 4.71. The first-order valence-corrected chi connectivity index (χ1v) is 7.16. The Labute approximate surface area is 119 Å². The van der Waals surface area contributed by atoms with Crippen LogP contribution in [0.15, 0.2) is 4.99 Å². The third kappa shape index (κ3) is 12.1. The summed E-state index contributed by atoms with van der Waals surface area (Å²) in [5, 5.41) is 5.98. The SMILES string of the molecule is CCCCN(C)CCNC(=NCCC(F)(F)F)NCC. The maximum atomic E-state index is 12.1. The summed E-state index contributed by atoms with van der Waals surface area (Å²) in [5.74, 6) is 0.445. The van der Waals surface area contributed by atoms with E-state index in [1.165, 1.54) is 0 Å². The Bertz CT molecular complexity index is 267. The predicted molar refractivity (Wildman–Crippen MR) is 77.1 cm³/mol. The van der Waals surface area contributed by atoms with Crippen LogP contribution in [0.2, 0.25) is 0 Å². The van der Waals surface area contributed by atoms with Gasteiger partial charge in [-0.25, -0.2) is 0 Å². The number of hydrogen-bond donors (Lipinski definition) is 2. The molecule has 0 bridgehead atoms. The van der Waals surface area contributed by atoms with Crippen molar-refractivity contribution in [1.82, 2.24) is 15.5 Å². The van der Waals surface area contributed by atoms with Crippen LogP contribution in [0.4, 0.5) is 13.2 Å². The second kappa shape index (κ2) is 10.8. The predicted octanol–water partition coefficient (Wildman–Crippen LogP) is 2.23.